The molecule has 0 saturated heterocycles. The van der Waals surface area contributed by atoms with Crippen LogP contribution >= 0.6 is 0 Å². The molecule has 1 fully saturated rings. The van der Waals surface area contributed by atoms with Crippen LogP contribution in [0.4, 0.5) is 0 Å². The SMILES string of the molecule is NCC(NC(=O)c1ccncc1O)C1CC1. The number of rotatable bonds is 4. The van der Waals surface area contributed by atoms with E-state index in [4.69, 9.17) is 5.73 Å². The molecule has 1 saturated carbocycles. The molecule has 1 heterocycles. The van der Waals surface area contributed by atoms with Gasteiger partial charge in [-0.15, -0.1) is 0 Å². The van der Waals surface area contributed by atoms with Gasteiger partial charge in [-0.3, -0.25) is 9.78 Å². The van der Waals surface area contributed by atoms with E-state index in [1.807, 2.05) is 0 Å². The lowest BCUT2D eigenvalue weighted by Gasteiger charge is -2.16. The van der Waals surface area contributed by atoms with Crippen molar-refractivity contribution >= 4 is 5.91 Å². The molecule has 1 aromatic heterocycles. The van der Waals surface area contributed by atoms with Crippen molar-refractivity contribution in [1.82, 2.24) is 10.3 Å². The molecule has 0 spiro atoms. The minimum absolute atomic E-state index is 0.0139. The summed E-state index contributed by atoms with van der Waals surface area (Å²) in [5.41, 5.74) is 5.83. The summed E-state index contributed by atoms with van der Waals surface area (Å²) >= 11 is 0. The molecule has 2 rings (SSSR count). The Kier molecular flexibility index (Phi) is 3.05. The highest BCUT2D eigenvalue weighted by Crippen LogP contribution is 2.32. The summed E-state index contributed by atoms with van der Waals surface area (Å²) in [4.78, 5) is 15.5. The van der Waals surface area contributed by atoms with Crippen molar-refractivity contribution < 1.29 is 9.90 Å². The van der Waals surface area contributed by atoms with Gasteiger partial charge in [-0.25, -0.2) is 0 Å². The van der Waals surface area contributed by atoms with Crippen molar-refractivity contribution in [2.75, 3.05) is 6.54 Å². The van der Waals surface area contributed by atoms with Gasteiger partial charge in [0.15, 0.2) is 0 Å². The molecule has 5 nitrogen and oxygen atoms in total. The molecule has 1 aromatic rings. The van der Waals surface area contributed by atoms with E-state index in [9.17, 15) is 9.90 Å². The lowest BCUT2D eigenvalue weighted by molar-refractivity contribution is 0.0930. The topological polar surface area (TPSA) is 88.2 Å². The van der Waals surface area contributed by atoms with E-state index in [0.29, 0.717) is 12.5 Å². The van der Waals surface area contributed by atoms with Gasteiger partial charge in [0, 0.05) is 18.8 Å². The van der Waals surface area contributed by atoms with E-state index < -0.39 is 0 Å². The zero-order chi connectivity index (χ0) is 11.5. The molecule has 1 aliphatic rings. The third kappa shape index (κ3) is 2.30. The monoisotopic (exact) mass is 221 g/mol. The van der Waals surface area contributed by atoms with Crippen molar-refractivity contribution in [1.29, 1.82) is 0 Å². The van der Waals surface area contributed by atoms with E-state index in [1.54, 1.807) is 0 Å². The Morgan fingerprint density at radius 3 is 3.00 bits per heavy atom. The largest absolute Gasteiger partial charge is 0.505 e. The summed E-state index contributed by atoms with van der Waals surface area (Å²) in [5, 5.41) is 12.3. The molecule has 5 heteroatoms. The van der Waals surface area contributed by atoms with Gasteiger partial charge in [0.25, 0.3) is 5.91 Å². The van der Waals surface area contributed by atoms with E-state index in [2.05, 4.69) is 10.3 Å². The first-order valence-electron chi connectivity index (χ1n) is 5.36. The number of carbonyl (C=O) groups excluding carboxylic acids is 1. The number of nitrogens with two attached hydrogens (primary N) is 1. The smallest absolute Gasteiger partial charge is 0.255 e. The summed E-state index contributed by atoms with van der Waals surface area (Å²) < 4.78 is 0. The van der Waals surface area contributed by atoms with Crippen LogP contribution in [0, 0.1) is 5.92 Å². The number of aromatic hydroxyl groups is 1. The van der Waals surface area contributed by atoms with Crippen molar-refractivity contribution in [3.8, 4) is 5.75 Å². The fraction of sp³-hybridized carbons (Fsp3) is 0.455. The Labute approximate surface area is 93.7 Å². The summed E-state index contributed by atoms with van der Waals surface area (Å²) in [7, 11) is 0. The maximum absolute atomic E-state index is 11.8. The number of amides is 1. The number of nitrogens with zero attached hydrogens (tertiary/aromatic N) is 1. The van der Waals surface area contributed by atoms with Crippen molar-refractivity contribution in [3.63, 3.8) is 0 Å². The molecular formula is C11H15N3O2. The molecular weight excluding hydrogens is 206 g/mol. The number of hydrogen-bond donors (Lipinski definition) is 3. The zero-order valence-electron chi connectivity index (χ0n) is 8.89. The van der Waals surface area contributed by atoms with Gasteiger partial charge in [-0.2, -0.15) is 0 Å². The summed E-state index contributed by atoms with van der Waals surface area (Å²) in [6.07, 6.45) is 4.96. The maximum atomic E-state index is 11.8. The normalized spacial score (nSPS) is 16.8. The minimum atomic E-state index is -0.290. The number of carbonyl (C=O) groups is 1. The van der Waals surface area contributed by atoms with Crippen LogP contribution in [0.3, 0.4) is 0 Å². The predicted octanol–water partition coefficient (Wildman–Crippen LogP) is 0.254. The number of nitrogens with one attached hydrogen (secondary N) is 1. The Balaban J connectivity index is 2.04. The van der Waals surface area contributed by atoms with Gasteiger partial charge in [0.1, 0.15) is 5.75 Å². The highest BCUT2D eigenvalue weighted by atomic mass is 16.3. The van der Waals surface area contributed by atoms with Crippen molar-refractivity contribution in [2.24, 2.45) is 11.7 Å². The molecule has 0 aromatic carbocycles. The molecule has 1 amide bonds. The van der Waals surface area contributed by atoms with E-state index >= 15 is 0 Å². The Morgan fingerprint density at radius 2 is 2.44 bits per heavy atom. The second-order valence-corrected chi connectivity index (χ2v) is 4.05. The summed E-state index contributed by atoms with van der Waals surface area (Å²) in [6.45, 7) is 0.433. The van der Waals surface area contributed by atoms with Gasteiger partial charge in [0.2, 0.25) is 0 Å². The first-order chi connectivity index (χ1) is 7.72. The lowest BCUT2D eigenvalue weighted by Crippen LogP contribution is -2.41. The fourth-order valence-corrected chi connectivity index (χ4v) is 1.69. The van der Waals surface area contributed by atoms with Crippen LogP contribution in [0.25, 0.3) is 0 Å². The van der Waals surface area contributed by atoms with Gasteiger partial charge in [-0.1, -0.05) is 0 Å². The Hall–Kier alpha value is -1.62. The molecule has 4 N–H and O–H groups in total. The van der Waals surface area contributed by atoms with Crippen LogP contribution in [-0.4, -0.2) is 28.6 Å². The third-order valence-electron chi connectivity index (χ3n) is 2.81. The summed E-state index contributed by atoms with van der Waals surface area (Å²) in [6, 6.07) is 1.51. The average Bonchev–Trinajstić information content (AvgIpc) is 3.10. The third-order valence-corrected chi connectivity index (χ3v) is 2.81. The number of hydrogen-bond acceptors (Lipinski definition) is 4. The first kappa shape index (κ1) is 10.9. The van der Waals surface area contributed by atoms with Gasteiger partial charge in [-0.05, 0) is 24.8 Å². The highest BCUT2D eigenvalue weighted by Gasteiger charge is 2.31. The van der Waals surface area contributed by atoms with Crippen LogP contribution in [0.15, 0.2) is 18.5 Å². The first-order valence-corrected chi connectivity index (χ1v) is 5.36. The predicted molar refractivity (Wildman–Crippen MR) is 58.9 cm³/mol. The maximum Gasteiger partial charge on any atom is 0.255 e. The van der Waals surface area contributed by atoms with Gasteiger partial charge >= 0.3 is 0 Å². The molecule has 0 bridgehead atoms. The number of aromatic nitrogens is 1. The molecule has 0 radical (unpaired) electrons. The van der Waals surface area contributed by atoms with Gasteiger partial charge in [0.05, 0.1) is 11.8 Å². The second kappa shape index (κ2) is 4.49. The zero-order valence-corrected chi connectivity index (χ0v) is 8.89. The average molecular weight is 221 g/mol. The summed E-state index contributed by atoms with van der Waals surface area (Å²) in [5.74, 6) is 0.103. The fourth-order valence-electron chi connectivity index (χ4n) is 1.69. The van der Waals surface area contributed by atoms with Crippen LogP contribution < -0.4 is 11.1 Å². The van der Waals surface area contributed by atoms with Crippen LogP contribution in [0.5, 0.6) is 5.75 Å². The lowest BCUT2D eigenvalue weighted by atomic mass is 10.1. The Bertz CT molecular complexity index is 391. The van der Waals surface area contributed by atoms with E-state index in [1.165, 1.54) is 18.5 Å². The van der Waals surface area contributed by atoms with E-state index in [-0.39, 0.29) is 23.3 Å². The molecule has 1 aliphatic carbocycles. The second-order valence-electron chi connectivity index (χ2n) is 4.05. The molecule has 86 valence electrons. The number of pyridine rings is 1. The molecule has 0 aliphatic heterocycles. The van der Waals surface area contributed by atoms with E-state index in [0.717, 1.165) is 12.8 Å². The Morgan fingerprint density at radius 1 is 1.69 bits per heavy atom. The van der Waals surface area contributed by atoms with Crippen molar-refractivity contribution in [3.05, 3.63) is 24.0 Å². The van der Waals surface area contributed by atoms with Crippen LogP contribution in [-0.2, 0) is 0 Å². The quantitative estimate of drug-likeness (QED) is 0.680. The van der Waals surface area contributed by atoms with Crippen LogP contribution in [0.2, 0.25) is 0 Å². The van der Waals surface area contributed by atoms with Gasteiger partial charge < -0.3 is 16.2 Å². The van der Waals surface area contributed by atoms with Crippen LogP contribution in [0.1, 0.15) is 23.2 Å². The standard InChI is InChI=1S/C11H15N3O2/c12-5-9(7-1-2-7)14-11(16)8-3-4-13-6-10(8)15/h3-4,6-7,9,15H,1-2,5,12H2,(H,14,16). The molecule has 16 heavy (non-hydrogen) atoms. The highest BCUT2D eigenvalue weighted by molar-refractivity contribution is 5.96. The minimum Gasteiger partial charge on any atom is -0.505 e. The molecule has 1 atom stereocenters. The molecule has 1 unspecified atom stereocenters. The van der Waals surface area contributed by atoms with Crippen molar-refractivity contribution in [2.45, 2.75) is 18.9 Å².